The Balaban J connectivity index is 1.87. The van der Waals surface area contributed by atoms with Crippen LogP contribution in [0.5, 0.6) is 0 Å². The number of aromatic nitrogens is 2. The van der Waals surface area contributed by atoms with Crippen LogP contribution in [-0.4, -0.2) is 26.6 Å². The molecule has 2 aromatic carbocycles. The van der Waals surface area contributed by atoms with Crippen LogP contribution < -0.4 is 16.2 Å². The van der Waals surface area contributed by atoms with E-state index in [1.165, 1.54) is 7.05 Å². The highest BCUT2D eigenvalue weighted by molar-refractivity contribution is 7.99. The normalized spacial score (nSPS) is 11.9. The van der Waals surface area contributed by atoms with Gasteiger partial charge in [0.2, 0.25) is 11.8 Å². The summed E-state index contributed by atoms with van der Waals surface area (Å²) in [5.74, 6) is -0.576. The van der Waals surface area contributed by atoms with Crippen LogP contribution in [0, 0.1) is 12.3 Å². The van der Waals surface area contributed by atoms with Crippen molar-refractivity contribution in [1.29, 1.82) is 5.41 Å². The monoisotopic (exact) mass is 411 g/mol. The Labute approximate surface area is 171 Å². The Morgan fingerprint density at radius 3 is 2.45 bits per heavy atom. The molecule has 150 valence electrons. The number of nitrogens with zero attached hydrogens (tertiary/aromatic N) is 2. The first kappa shape index (κ1) is 20.6. The summed E-state index contributed by atoms with van der Waals surface area (Å²) in [6.07, 6.45) is 0. The lowest BCUT2D eigenvalue weighted by Crippen LogP contribution is -2.31. The molecule has 3 rings (SSSR count). The average Bonchev–Trinajstić information content (AvgIpc) is 3.01. The van der Waals surface area contributed by atoms with Gasteiger partial charge in [0.1, 0.15) is 5.25 Å². The highest BCUT2D eigenvalue weighted by atomic mass is 32.2. The third kappa shape index (κ3) is 4.30. The van der Waals surface area contributed by atoms with E-state index in [0.29, 0.717) is 5.69 Å². The van der Waals surface area contributed by atoms with Crippen molar-refractivity contribution in [1.82, 2.24) is 9.78 Å². The largest absolute Gasteiger partial charge is 0.437 e. The van der Waals surface area contributed by atoms with Crippen LogP contribution in [-0.2, 0) is 11.8 Å². The highest BCUT2D eigenvalue weighted by Gasteiger charge is 2.20. The van der Waals surface area contributed by atoms with Crippen LogP contribution in [0.1, 0.15) is 12.5 Å². The predicted octanol–water partition coefficient (Wildman–Crippen LogP) is 2.97. The molecule has 29 heavy (non-hydrogen) atoms. The molecule has 0 saturated carbocycles. The average molecular weight is 411 g/mol. The second kappa shape index (κ2) is 8.46. The van der Waals surface area contributed by atoms with E-state index in [1.807, 2.05) is 37.3 Å². The summed E-state index contributed by atoms with van der Waals surface area (Å²) in [6, 6.07) is 13.0. The maximum atomic E-state index is 12.2. The van der Waals surface area contributed by atoms with Gasteiger partial charge in [0.25, 0.3) is 0 Å². The smallest absolute Gasteiger partial charge is 0.388 e. The molecule has 0 bridgehead atoms. The van der Waals surface area contributed by atoms with Crippen molar-refractivity contribution < 1.29 is 9.21 Å². The molecular formula is C20H21N5O3S. The lowest BCUT2D eigenvalue weighted by molar-refractivity contribution is -0.114. The molecule has 9 heteroatoms. The molecule has 1 atom stereocenters. The van der Waals surface area contributed by atoms with Crippen LogP contribution >= 0.6 is 11.9 Å². The topological polar surface area (TPSA) is 127 Å². The van der Waals surface area contributed by atoms with Crippen molar-refractivity contribution in [2.24, 2.45) is 12.2 Å². The molecule has 3 aromatic rings. The zero-order chi connectivity index (χ0) is 21.1. The van der Waals surface area contributed by atoms with Crippen molar-refractivity contribution in [2.75, 3.05) is 5.32 Å². The molecule has 1 amide bonds. The molecule has 1 aromatic heterocycles. The molecule has 0 aliphatic rings. The minimum atomic E-state index is -0.721. The molecule has 0 aliphatic heterocycles. The Bertz CT molecular complexity index is 1120. The van der Waals surface area contributed by atoms with Crippen molar-refractivity contribution in [3.8, 4) is 22.6 Å². The summed E-state index contributed by atoms with van der Waals surface area (Å²) in [6.45, 7) is 3.48. The second-order valence-electron chi connectivity index (χ2n) is 6.54. The maximum absolute atomic E-state index is 12.2. The molecule has 4 N–H and O–H groups in total. The lowest BCUT2D eigenvalue weighted by Gasteiger charge is -2.14. The number of hydrogen-bond acceptors (Lipinski definition) is 7. The fourth-order valence-corrected chi connectivity index (χ4v) is 3.32. The van der Waals surface area contributed by atoms with E-state index in [-0.39, 0.29) is 17.5 Å². The van der Waals surface area contributed by atoms with Gasteiger partial charge in [0, 0.05) is 24.0 Å². The number of benzene rings is 2. The molecule has 1 heterocycles. The summed E-state index contributed by atoms with van der Waals surface area (Å²) in [4.78, 5) is 23.8. The van der Waals surface area contributed by atoms with Crippen LogP contribution in [0.3, 0.4) is 0 Å². The fraction of sp³-hybridized carbons (Fsp3) is 0.200. The molecule has 8 nitrogen and oxygen atoms in total. The molecule has 0 radical (unpaired) electrons. The minimum absolute atomic E-state index is 0.195. The van der Waals surface area contributed by atoms with Crippen LogP contribution in [0.15, 0.2) is 51.7 Å². The van der Waals surface area contributed by atoms with Gasteiger partial charge >= 0.3 is 5.76 Å². The van der Waals surface area contributed by atoms with Gasteiger partial charge in [-0.1, -0.05) is 36.2 Å². The standard InChI is InChI=1S/C20H21N5O3S/c1-11-15(5-4-6-16(11)19-24-25(3)20(27)28-19)13-7-9-14(10-8-13)23-18(26)17(29-22)12(2)21/h4-10,17,21H,22H2,1-3H3,(H,23,26). The number of nitrogens with one attached hydrogen (secondary N) is 2. The quantitative estimate of drug-likeness (QED) is 0.423. The van der Waals surface area contributed by atoms with Crippen molar-refractivity contribution in [2.45, 2.75) is 19.1 Å². The first-order valence-electron chi connectivity index (χ1n) is 8.78. The predicted molar refractivity (Wildman–Crippen MR) is 115 cm³/mol. The Hall–Kier alpha value is -3.17. The molecule has 0 spiro atoms. The number of carbonyl (C=O) groups excluding carboxylic acids is 1. The van der Waals surface area contributed by atoms with E-state index in [9.17, 15) is 9.59 Å². The molecule has 0 aliphatic carbocycles. The van der Waals surface area contributed by atoms with E-state index in [4.69, 9.17) is 15.0 Å². The van der Waals surface area contributed by atoms with Gasteiger partial charge in [0.15, 0.2) is 0 Å². The summed E-state index contributed by atoms with van der Waals surface area (Å²) >= 11 is 0.834. The summed E-state index contributed by atoms with van der Waals surface area (Å²) < 4.78 is 6.36. The van der Waals surface area contributed by atoms with Gasteiger partial charge < -0.3 is 15.1 Å². The third-order valence-electron chi connectivity index (χ3n) is 4.48. The van der Waals surface area contributed by atoms with E-state index < -0.39 is 11.0 Å². The third-order valence-corrected chi connectivity index (χ3v) is 5.32. The SMILES string of the molecule is CC(=N)C(SN)C(=O)Nc1ccc(-c2cccc(-c3nn(C)c(=O)o3)c2C)cc1. The number of rotatable bonds is 6. The highest BCUT2D eigenvalue weighted by Crippen LogP contribution is 2.31. The van der Waals surface area contributed by atoms with Gasteiger partial charge in [0.05, 0.1) is 0 Å². The number of hydrogen-bond donors (Lipinski definition) is 3. The number of carbonyl (C=O) groups is 1. The van der Waals surface area contributed by atoms with Gasteiger partial charge in [-0.15, -0.1) is 5.10 Å². The van der Waals surface area contributed by atoms with Gasteiger partial charge in [-0.05, 0) is 48.7 Å². The van der Waals surface area contributed by atoms with Crippen LogP contribution in [0.2, 0.25) is 0 Å². The minimum Gasteiger partial charge on any atom is -0.388 e. The molecule has 0 fully saturated rings. The van der Waals surface area contributed by atoms with Crippen LogP contribution in [0.4, 0.5) is 5.69 Å². The first-order chi connectivity index (χ1) is 13.8. The summed E-state index contributed by atoms with van der Waals surface area (Å²) in [5.41, 5.74) is 4.36. The zero-order valence-corrected chi connectivity index (χ0v) is 17.0. The Morgan fingerprint density at radius 1 is 1.24 bits per heavy atom. The van der Waals surface area contributed by atoms with Crippen molar-refractivity contribution in [3.63, 3.8) is 0 Å². The van der Waals surface area contributed by atoms with Crippen molar-refractivity contribution >= 4 is 29.3 Å². The summed E-state index contributed by atoms with van der Waals surface area (Å²) in [5, 5.41) is 19.3. The fourth-order valence-electron chi connectivity index (χ4n) is 2.94. The van der Waals surface area contributed by atoms with Crippen molar-refractivity contribution in [3.05, 3.63) is 58.6 Å². The lowest BCUT2D eigenvalue weighted by atomic mass is 9.96. The van der Waals surface area contributed by atoms with Crippen LogP contribution in [0.25, 0.3) is 22.6 Å². The maximum Gasteiger partial charge on any atom is 0.437 e. The Kier molecular flexibility index (Phi) is 6.00. The number of aryl methyl sites for hydroxylation is 1. The summed E-state index contributed by atoms with van der Waals surface area (Å²) in [7, 11) is 1.54. The van der Waals surface area contributed by atoms with Gasteiger partial charge in [-0.3, -0.25) is 9.93 Å². The van der Waals surface area contributed by atoms with Gasteiger partial charge in [-0.2, -0.15) is 4.68 Å². The molecular weight excluding hydrogens is 390 g/mol. The molecule has 0 saturated heterocycles. The zero-order valence-electron chi connectivity index (χ0n) is 16.2. The number of anilines is 1. The van der Waals surface area contributed by atoms with E-state index >= 15 is 0 Å². The van der Waals surface area contributed by atoms with E-state index in [2.05, 4.69) is 10.4 Å². The Morgan fingerprint density at radius 2 is 1.90 bits per heavy atom. The number of amides is 1. The number of nitrogens with two attached hydrogens (primary N) is 1. The van der Waals surface area contributed by atoms with Gasteiger partial charge in [-0.25, -0.2) is 4.79 Å². The molecule has 1 unspecified atom stereocenters. The second-order valence-corrected chi connectivity index (χ2v) is 7.28. The van der Waals surface area contributed by atoms with E-state index in [0.717, 1.165) is 38.9 Å². The van der Waals surface area contributed by atoms with E-state index in [1.54, 1.807) is 19.1 Å². The first-order valence-corrected chi connectivity index (χ1v) is 9.72.